The maximum atomic E-state index is 12.4. The number of hydrogen-bond acceptors (Lipinski definition) is 7. The van der Waals surface area contributed by atoms with Crippen molar-refractivity contribution in [2.24, 2.45) is 7.05 Å². The van der Waals surface area contributed by atoms with Gasteiger partial charge in [0.05, 0.1) is 19.0 Å². The maximum Gasteiger partial charge on any atom is 0.234 e. The second-order valence-corrected chi connectivity index (χ2v) is 7.99. The van der Waals surface area contributed by atoms with E-state index >= 15 is 0 Å². The summed E-state index contributed by atoms with van der Waals surface area (Å²) in [5.41, 5.74) is 1.91. The van der Waals surface area contributed by atoms with Crippen LogP contribution in [0.1, 0.15) is 5.82 Å². The molecule has 3 aromatic rings. The van der Waals surface area contributed by atoms with E-state index in [1.807, 2.05) is 66.2 Å². The highest BCUT2D eigenvalue weighted by molar-refractivity contribution is 7.99. The highest BCUT2D eigenvalue weighted by Crippen LogP contribution is 2.21. The molecule has 162 valence electrons. The van der Waals surface area contributed by atoms with Gasteiger partial charge >= 0.3 is 0 Å². The first kappa shape index (κ1) is 21.2. The molecule has 0 bridgehead atoms. The molecule has 0 unspecified atom stereocenters. The fourth-order valence-electron chi connectivity index (χ4n) is 3.17. The van der Waals surface area contributed by atoms with Crippen LogP contribution >= 0.6 is 11.8 Å². The Kier molecular flexibility index (Phi) is 7.06. The Balaban J connectivity index is 1.25. The van der Waals surface area contributed by atoms with E-state index in [-0.39, 0.29) is 11.7 Å². The third kappa shape index (κ3) is 5.77. The van der Waals surface area contributed by atoms with Gasteiger partial charge in [-0.15, -0.1) is 10.2 Å². The van der Waals surface area contributed by atoms with Crippen LogP contribution in [0.4, 0.5) is 11.4 Å². The van der Waals surface area contributed by atoms with E-state index in [0.717, 1.165) is 43.4 Å². The van der Waals surface area contributed by atoms with E-state index in [1.165, 1.54) is 11.8 Å². The van der Waals surface area contributed by atoms with Crippen LogP contribution in [0.3, 0.4) is 0 Å². The molecule has 31 heavy (non-hydrogen) atoms. The molecule has 1 aliphatic rings. The zero-order chi connectivity index (χ0) is 21.5. The first-order valence-electron chi connectivity index (χ1n) is 10.1. The van der Waals surface area contributed by atoms with Crippen molar-refractivity contribution in [3.8, 4) is 5.75 Å². The molecule has 1 aromatic heterocycles. The van der Waals surface area contributed by atoms with Gasteiger partial charge in [0.1, 0.15) is 12.4 Å². The van der Waals surface area contributed by atoms with Crippen LogP contribution in [0.5, 0.6) is 5.75 Å². The number of amides is 1. The van der Waals surface area contributed by atoms with Crippen molar-refractivity contribution in [1.82, 2.24) is 14.8 Å². The van der Waals surface area contributed by atoms with E-state index < -0.39 is 0 Å². The van der Waals surface area contributed by atoms with E-state index in [2.05, 4.69) is 20.4 Å². The number of benzene rings is 2. The lowest BCUT2D eigenvalue weighted by atomic mass is 10.2. The van der Waals surface area contributed by atoms with Crippen LogP contribution in [-0.2, 0) is 23.2 Å². The Morgan fingerprint density at radius 3 is 2.58 bits per heavy atom. The summed E-state index contributed by atoms with van der Waals surface area (Å²) in [5, 5.41) is 11.9. The second kappa shape index (κ2) is 10.3. The van der Waals surface area contributed by atoms with Gasteiger partial charge in [0.25, 0.3) is 0 Å². The molecule has 1 N–H and O–H groups in total. The normalized spacial score (nSPS) is 13.8. The summed E-state index contributed by atoms with van der Waals surface area (Å²) in [5.74, 6) is 1.63. The number of hydrogen-bond donors (Lipinski definition) is 1. The van der Waals surface area contributed by atoms with Crippen LogP contribution in [0.25, 0.3) is 0 Å². The third-order valence-corrected chi connectivity index (χ3v) is 5.92. The summed E-state index contributed by atoms with van der Waals surface area (Å²) in [4.78, 5) is 14.6. The topological polar surface area (TPSA) is 81.5 Å². The molecule has 8 nitrogen and oxygen atoms in total. The number of ether oxygens (including phenoxy) is 2. The number of rotatable bonds is 8. The molecule has 1 fully saturated rings. The molecule has 0 radical (unpaired) electrons. The number of aromatic nitrogens is 3. The predicted octanol–water partition coefficient (Wildman–Crippen LogP) is 2.96. The lowest BCUT2D eigenvalue weighted by Crippen LogP contribution is -2.36. The molecular weight excluding hydrogens is 414 g/mol. The summed E-state index contributed by atoms with van der Waals surface area (Å²) in [6.45, 7) is 3.59. The van der Waals surface area contributed by atoms with Gasteiger partial charge in [-0.1, -0.05) is 30.0 Å². The number of anilines is 2. The van der Waals surface area contributed by atoms with Crippen LogP contribution in [0.2, 0.25) is 0 Å². The van der Waals surface area contributed by atoms with Crippen LogP contribution in [0, 0.1) is 0 Å². The summed E-state index contributed by atoms with van der Waals surface area (Å²) >= 11 is 1.34. The number of nitrogens with zero attached hydrogens (tertiary/aromatic N) is 4. The summed E-state index contributed by atoms with van der Waals surface area (Å²) in [6, 6.07) is 17.5. The summed E-state index contributed by atoms with van der Waals surface area (Å²) in [6.07, 6.45) is 0. The number of carbonyl (C=O) groups is 1. The molecule has 4 rings (SSSR count). The molecule has 0 spiro atoms. The van der Waals surface area contributed by atoms with Crippen molar-refractivity contribution in [1.29, 1.82) is 0 Å². The molecule has 0 atom stereocenters. The van der Waals surface area contributed by atoms with Crippen LogP contribution < -0.4 is 15.0 Å². The van der Waals surface area contributed by atoms with Crippen molar-refractivity contribution in [2.45, 2.75) is 11.8 Å². The SMILES string of the molecule is Cn1c(COc2ccccc2)nnc1SCC(=O)Nc1ccc(N2CCOCC2)cc1. The number of para-hydroxylation sites is 1. The average Bonchev–Trinajstić information content (AvgIpc) is 3.17. The zero-order valence-electron chi connectivity index (χ0n) is 17.4. The molecule has 1 saturated heterocycles. The van der Waals surface area contributed by atoms with E-state index in [4.69, 9.17) is 9.47 Å². The molecule has 1 amide bonds. The average molecular weight is 440 g/mol. The standard InChI is InChI=1S/C22H25N5O3S/c1-26-20(15-30-19-5-3-2-4-6-19)24-25-22(26)31-16-21(28)23-17-7-9-18(10-8-17)27-11-13-29-14-12-27/h2-10H,11-16H2,1H3,(H,23,28). The van der Waals surface area contributed by atoms with Crippen molar-refractivity contribution < 1.29 is 14.3 Å². The van der Waals surface area contributed by atoms with Gasteiger partial charge in [0.2, 0.25) is 5.91 Å². The first-order valence-corrected chi connectivity index (χ1v) is 11.1. The quantitative estimate of drug-likeness (QED) is 0.541. The lowest BCUT2D eigenvalue weighted by molar-refractivity contribution is -0.113. The Hall–Kier alpha value is -3.04. The smallest absolute Gasteiger partial charge is 0.234 e. The maximum absolute atomic E-state index is 12.4. The molecule has 9 heteroatoms. The number of thioether (sulfide) groups is 1. The summed E-state index contributed by atoms with van der Waals surface area (Å²) < 4.78 is 13.0. The van der Waals surface area contributed by atoms with E-state index in [9.17, 15) is 4.79 Å². The fourth-order valence-corrected chi connectivity index (χ4v) is 3.90. The molecule has 2 aromatic carbocycles. The van der Waals surface area contributed by atoms with Crippen LogP contribution in [-0.4, -0.2) is 52.7 Å². The predicted molar refractivity (Wildman–Crippen MR) is 121 cm³/mol. The minimum absolute atomic E-state index is 0.0887. The third-order valence-electron chi connectivity index (χ3n) is 4.90. The van der Waals surface area contributed by atoms with Crippen molar-refractivity contribution in [2.75, 3.05) is 42.3 Å². The molecular formula is C22H25N5O3S. The van der Waals surface area contributed by atoms with Crippen LogP contribution in [0.15, 0.2) is 59.8 Å². The largest absolute Gasteiger partial charge is 0.486 e. The minimum Gasteiger partial charge on any atom is -0.486 e. The van der Waals surface area contributed by atoms with Gasteiger partial charge in [-0.3, -0.25) is 4.79 Å². The number of nitrogens with one attached hydrogen (secondary N) is 1. The van der Waals surface area contributed by atoms with Gasteiger partial charge in [0.15, 0.2) is 11.0 Å². The monoisotopic (exact) mass is 439 g/mol. The fraction of sp³-hybridized carbons (Fsp3) is 0.318. The van der Waals surface area contributed by atoms with E-state index in [1.54, 1.807) is 0 Å². The first-order chi connectivity index (χ1) is 15.2. The lowest BCUT2D eigenvalue weighted by Gasteiger charge is -2.28. The highest BCUT2D eigenvalue weighted by Gasteiger charge is 2.13. The second-order valence-electron chi connectivity index (χ2n) is 7.04. The number of carbonyl (C=O) groups excluding carboxylic acids is 1. The van der Waals surface area contributed by atoms with Gasteiger partial charge < -0.3 is 24.3 Å². The van der Waals surface area contributed by atoms with Gasteiger partial charge in [-0.25, -0.2) is 0 Å². The Bertz CT molecular complexity index is 988. The highest BCUT2D eigenvalue weighted by atomic mass is 32.2. The zero-order valence-corrected chi connectivity index (χ0v) is 18.2. The van der Waals surface area contributed by atoms with Crippen molar-refractivity contribution in [3.05, 3.63) is 60.4 Å². The summed E-state index contributed by atoms with van der Waals surface area (Å²) in [7, 11) is 1.87. The van der Waals surface area contributed by atoms with Crippen molar-refractivity contribution >= 4 is 29.0 Å². The molecule has 0 saturated carbocycles. The van der Waals surface area contributed by atoms with Crippen molar-refractivity contribution in [3.63, 3.8) is 0 Å². The molecule has 1 aliphatic heterocycles. The van der Waals surface area contributed by atoms with Gasteiger partial charge in [0, 0.05) is 31.5 Å². The Morgan fingerprint density at radius 1 is 1.10 bits per heavy atom. The Morgan fingerprint density at radius 2 is 1.84 bits per heavy atom. The number of morpholine rings is 1. The van der Waals surface area contributed by atoms with Gasteiger partial charge in [-0.2, -0.15) is 0 Å². The van der Waals surface area contributed by atoms with E-state index in [0.29, 0.717) is 17.6 Å². The molecule has 2 heterocycles. The Labute approximate surface area is 185 Å². The van der Waals surface area contributed by atoms with Gasteiger partial charge in [-0.05, 0) is 36.4 Å². The molecule has 0 aliphatic carbocycles. The minimum atomic E-state index is -0.0887.